The lowest BCUT2D eigenvalue weighted by atomic mass is 10.2. The predicted molar refractivity (Wildman–Crippen MR) is 52.4 cm³/mol. The highest BCUT2D eigenvalue weighted by Crippen LogP contribution is 2.18. The van der Waals surface area contributed by atoms with Crippen molar-refractivity contribution in [2.24, 2.45) is 5.73 Å². The monoisotopic (exact) mass is 189 g/mol. The Kier molecular flexibility index (Phi) is 2.28. The highest BCUT2D eigenvalue weighted by molar-refractivity contribution is 5.52. The van der Waals surface area contributed by atoms with Gasteiger partial charge in [-0.15, -0.1) is 0 Å². The molecule has 4 heteroatoms. The smallest absolute Gasteiger partial charge is 0.226 e. The molecular weight excluding hydrogens is 178 g/mol. The molecule has 0 unspecified atom stereocenters. The van der Waals surface area contributed by atoms with Crippen LogP contribution in [-0.2, 0) is 6.54 Å². The molecule has 72 valence electrons. The second-order valence-corrected chi connectivity index (χ2v) is 3.02. The van der Waals surface area contributed by atoms with Gasteiger partial charge < -0.3 is 10.2 Å². The number of hydrogen-bond donors (Lipinski definition) is 1. The number of rotatable bonds is 2. The van der Waals surface area contributed by atoms with Gasteiger partial charge >= 0.3 is 0 Å². The van der Waals surface area contributed by atoms with Crippen LogP contribution >= 0.6 is 0 Å². The summed E-state index contributed by atoms with van der Waals surface area (Å²) in [4.78, 5) is 8.22. The molecule has 0 saturated heterocycles. The summed E-state index contributed by atoms with van der Waals surface area (Å²) in [5.74, 6) is 1.41. The van der Waals surface area contributed by atoms with Crippen LogP contribution < -0.4 is 5.73 Å². The van der Waals surface area contributed by atoms with Gasteiger partial charge in [-0.05, 0) is 19.1 Å². The Morgan fingerprint density at radius 2 is 2.29 bits per heavy atom. The standard InChI is InChI=1S/C10H11N3O/c1-7-6-13-10(14-7)8-2-3-12-9(4-8)5-11/h2-4,6H,5,11H2,1H3. The van der Waals surface area contributed by atoms with E-state index in [0.29, 0.717) is 12.4 Å². The Morgan fingerprint density at radius 3 is 2.93 bits per heavy atom. The summed E-state index contributed by atoms with van der Waals surface area (Å²) < 4.78 is 5.39. The number of pyridine rings is 1. The van der Waals surface area contributed by atoms with Gasteiger partial charge in [0.05, 0.1) is 11.9 Å². The number of aryl methyl sites for hydroxylation is 1. The molecule has 0 atom stereocenters. The van der Waals surface area contributed by atoms with Crippen LogP contribution in [0.1, 0.15) is 11.5 Å². The van der Waals surface area contributed by atoms with Gasteiger partial charge in [-0.3, -0.25) is 4.98 Å². The molecule has 2 heterocycles. The van der Waals surface area contributed by atoms with Crippen LogP contribution in [0.3, 0.4) is 0 Å². The van der Waals surface area contributed by atoms with Crippen molar-refractivity contribution in [3.63, 3.8) is 0 Å². The van der Waals surface area contributed by atoms with E-state index in [1.54, 1.807) is 12.4 Å². The van der Waals surface area contributed by atoms with Crippen LogP contribution in [0.5, 0.6) is 0 Å². The highest BCUT2D eigenvalue weighted by Gasteiger charge is 2.04. The normalized spacial score (nSPS) is 10.4. The van der Waals surface area contributed by atoms with Gasteiger partial charge in [0.2, 0.25) is 5.89 Å². The molecule has 0 amide bonds. The van der Waals surface area contributed by atoms with Gasteiger partial charge in [0.15, 0.2) is 0 Å². The summed E-state index contributed by atoms with van der Waals surface area (Å²) >= 11 is 0. The van der Waals surface area contributed by atoms with Crippen molar-refractivity contribution in [2.75, 3.05) is 0 Å². The molecule has 0 aliphatic heterocycles. The largest absolute Gasteiger partial charge is 0.441 e. The zero-order valence-corrected chi connectivity index (χ0v) is 7.90. The predicted octanol–water partition coefficient (Wildman–Crippen LogP) is 1.50. The summed E-state index contributed by atoms with van der Waals surface area (Å²) in [5.41, 5.74) is 7.23. The van der Waals surface area contributed by atoms with E-state index in [-0.39, 0.29) is 0 Å². The molecule has 2 N–H and O–H groups in total. The van der Waals surface area contributed by atoms with Gasteiger partial charge in [0, 0.05) is 18.3 Å². The van der Waals surface area contributed by atoms with Crippen molar-refractivity contribution in [1.29, 1.82) is 0 Å². The minimum Gasteiger partial charge on any atom is -0.441 e. The minimum atomic E-state index is 0.424. The van der Waals surface area contributed by atoms with E-state index in [4.69, 9.17) is 10.2 Å². The summed E-state index contributed by atoms with van der Waals surface area (Å²) in [7, 11) is 0. The Labute approximate surface area is 81.8 Å². The second kappa shape index (κ2) is 3.59. The van der Waals surface area contributed by atoms with Gasteiger partial charge in [0.1, 0.15) is 5.76 Å². The summed E-state index contributed by atoms with van der Waals surface area (Å²) in [5, 5.41) is 0. The second-order valence-electron chi connectivity index (χ2n) is 3.02. The zero-order chi connectivity index (χ0) is 9.97. The molecule has 4 nitrogen and oxygen atoms in total. The van der Waals surface area contributed by atoms with Crippen molar-refractivity contribution in [2.45, 2.75) is 13.5 Å². The minimum absolute atomic E-state index is 0.424. The highest BCUT2D eigenvalue weighted by atomic mass is 16.4. The van der Waals surface area contributed by atoms with Crippen LogP contribution in [0, 0.1) is 6.92 Å². The van der Waals surface area contributed by atoms with Crippen LogP contribution in [0.15, 0.2) is 28.9 Å². The van der Waals surface area contributed by atoms with E-state index in [9.17, 15) is 0 Å². The number of oxazole rings is 1. The third-order valence-electron chi connectivity index (χ3n) is 1.89. The topological polar surface area (TPSA) is 64.9 Å². The fraction of sp³-hybridized carbons (Fsp3) is 0.200. The lowest BCUT2D eigenvalue weighted by Gasteiger charge is -1.98. The maximum absolute atomic E-state index is 5.49. The van der Waals surface area contributed by atoms with E-state index in [1.165, 1.54) is 0 Å². The Balaban J connectivity index is 2.41. The molecule has 0 aliphatic rings. The number of nitrogens with zero attached hydrogens (tertiary/aromatic N) is 2. The van der Waals surface area contributed by atoms with E-state index in [1.807, 2.05) is 19.1 Å². The van der Waals surface area contributed by atoms with Crippen molar-refractivity contribution < 1.29 is 4.42 Å². The molecule has 0 bridgehead atoms. The summed E-state index contributed by atoms with van der Waals surface area (Å²) in [6, 6.07) is 3.73. The summed E-state index contributed by atoms with van der Waals surface area (Å²) in [6.07, 6.45) is 3.40. The molecule has 0 aliphatic carbocycles. The lowest BCUT2D eigenvalue weighted by molar-refractivity contribution is 0.542. The SMILES string of the molecule is Cc1cnc(-c2ccnc(CN)c2)o1. The fourth-order valence-electron chi connectivity index (χ4n) is 1.21. The molecule has 14 heavy (non-hydrogen) atoms. The van der Waals surface area contributed by atoms with E-state index in [2.05, 4.69) is 9.97 Å². The Hall–Kier alpha value is -1.68. The van der Waals surface area contributed by atoms with E-state index < -0.39 is 0 Å². The van der Waals surface area contributed by atoms with Gasteiger partial charge in [-0.1, -0.05) is 0 Å². The van der Waals surface area contributed by atoms with Crippen LogP contribution in [0.4, 0.5) is 0 Å². The van der Waals surface area contributed by atoms with Gasteiger partial charge in [0.25, 0.3) is 0 Å². The average Bonchev–Trinajstić information content (AvgIpc) is 2.65. The zero-order valence-electron chi connectivity index (χ0n) is 7.90. The third kappa shape index (κ3) is 1.65. The van der Waals surface area contributed by atoms with Crippen molar-refractivity contribution in [3.8, 4) is 11.5 Å². The quantitative estimate of drug-likeness (QED) is 0.777. The molecule has 0 fully saturated rings. The first-order valence-corrected chi connectivity index (χ1v) is 4.37. The van der Waals surface area contributed by atoms with Crippen molar-refractivity contribution >= 4 is 0 Å². The molecule has 0 aromatic carbocycles. The molecule has 0 spiro atoms. The number of hydrogen-bond acceptors (Lipinski definition) is 4. The van der Waals surface area contributed by atoms with Crippen LogP contribution in [-0.4, -0.2) is 9.97 Å². The van der Waals surface area contributed by atoms with E-state index >= 15 is 0 Å². The molecule has 0 radical (unpaired) electrons. The Bertz CT molecular complexity index is 436. The molecule has 2 rings (SSSR count). The Morgan fingerprint density at radius 1 is 1.43 bits per heavy atom. The van der Waals surface area contributed by atoms with Crippen LogP contribution in [0.25, 0.3) is 11.5 Å². The molecule has 2 aromatic rings. The van der Waals surface area contributed by atoms with E-state index in [0.717, 1.165) is 17.0 Å². The maximum atomic E-state index is 5.49. The van der Waals surface area contributed by atoms with Crippen LogP contribution in [0.2, 0.25) is 0 Å². The maximum Gasteiger partial charge on any atom is 0.226 e. The first-order chi connectivity index (χ1) is 6.79. The molecule has 2 aromatic heterocycles. The van der Waals surface area contributed by atoms with Gasteiger partial charge in [-0.25, -0.2) is 4.98 Å². The molecular formula is C10H11N3O. The fourth-order valence-corrected chi connectivity index (χ4v) is 1.21. The average molecular weight is 189 g/mol. The first-order valence-electron chi connectivity index (χ1n) is 4.37. The van der Waals surface area contributed by atoms with Crippen molar-refractivity contribution in [3.05, 3.63) is 36.0 Å². The first kappa shape index (κ1) is 8.90. The van der Waals surface area contributed by atoms with Crippen molar-refractivity contribution in [1.82, 2.24) is 9.97 Å². The van der Waals surface area contributed by atoms with Gasteiger partial charge in [-0.2, -0.15) is 0 Å². The lowest BCUT2D eigenvalue weighted by Crippen LogP contribution is -1.98. The third-order valence-corrected chi connectivity index (χ3v) is 1.89. The summed E-state index contributed by atoms with van der Waals surface area (Å²) in [6.45, 7) is 2.29. The molecule has 0 saturated carbocycles. The number of aromatic nitrogens is 2. The number of nitrogens with two attached hydrogens (primary N) is 1.